The minimum Gasteiger partial charge on any atom is -0.253 e. The van der Waals surface area contributed by atoms with Crippen molar-refractivity contribution in [2.24, 2.45) is 5.92 Å². The number of fused-ring (bicyclic) bond motifs is 1. The fourth-order valence-corrected chi connectivity index (χ4v) is 2.60. The van der Waals surface area contributed by atoms with Gasteiger partial charge in [0.1, 0.15) is 0 Å². The van der Waals surface area contributed by atoms with E-state index in [1.807, 2.05) is 0 Å². The van der Waals surface area contributed by atoms with Crippen molar-refractivity contribution in [2.45, 2.75) is 52.4 Å². The highest BCUT2D eigenvalue weighted by Crippen LogP contribution is 2.17. The standard InChI is InChI=1S/C18H25N/c1-3-4-5-6-9-15(2)14-17-13-12-16-10-7-8-11-18(16)19-17/h7-8,10-13,15H,3-6,9,14H2,1-2H3. The maximum Gasteiger partial charge on any atom is 0.0705 e. The van der Waals surface area contributed by atoms with Gasteiger partial charge in [0, 0.05) is 11.1 Å². The molecule has 0 aliphatic carbocycles. The van der Waals surface area contributed by atoms with E-state index in [4.69, 9.17) is 4.98 Å². The molecule has 2 aromatic rings. The van der Waals surface area contributed by atoms with E-state index >= 15 is 0 Å². The monoisotopic (exact) mass is 255 g/mol. The van der Waals surface area contributed by atoms with Crippen LogP contribution >= 0.6 is 0 Å². The van der Waals surface area contributed by atoms with Gasteiger partial charge >= 0.3 is 0 Å². The van der Waals surface area contributed by atoms with Gasteiger partial charge in [0.25, 0.3) is 0 Å². The molecule has 1 nitrogen and oxygen atoms in total. The second-order valence-electron chi connectivity index (χ2n) is 5.65. The number of rotatable bonds is 7. The van der Waals surface area contributed by atoms with Gasteiger partial charge in [-0.2, -0.15) is 0 Å². The zero-order valence-electron chi connectivity index (χ0n) is 12.2. The summed E-state index contributed by atoms with van der Waals surface area (Å²) in [6.07, 6.45) is 7.88. The summed E-state index contributed by atoms with van der Waals surface area (Å²) in [5.41, 5.74) is 2.36. The Balaban J connectivity index is 1.89. The van der Waals surface area contributed by atoms with Gasteiger partial charge in [-0.15, -0.1) is 0 Å². The highest BCUT2D eigenvalue weighted by Gasteiger charge is 2.05. The molecule has 1 atom stereocenters. The zero-order chi connectivity index (χ0) is 13.5. The molecule has 0 N–H and O–H groups in total. The van der Waals surface area contributed by atoms with Gasteiger partial charge in [-0.1, -0.05) is 70.2 Å². The Kier molecular flexibility index (Phi) is 5.38. The molecular formula is C18H25N. The van der Waals surface area contributed by atoms with Crippen LogP contribution in [0, 0.1) is 5.92 Å². The number of hydrogen-bond acceptors (Lipinski definition) is 1. The lowest BCUT2D eigenvalue weighted by Crippen LogP contribution is -2.02. The van der Waals surface area contributed by atoms with E-state index in [1.54, 1.807) is 0 Å². The van der Waals surface area contributed by atoms with Gasteiger partial charge in [-0.05, 0) is 24.5 Å². The van der Waals surface area contributed by atoms with Gasteiger partial charge in [0.2, 0.25) is 0 Å². The normalized spacial score (nSPS) is 12.7. The molecule has 0 spiro atoms. The number of nitrogens with zero attached hydrogens (tertiary/aromatic N) is 1. The van der Waals surface area contributed by atoms with E-state index in [2.05, 4.69) is 50.2 Å². The van der Waals surface area contributed by atoms with Gasteiger partial charge in [-0.3, -0.25) is 4.98 Å². The summed E-state index contributed by atoms with van der Waals surface area (Å²) in [5, 5.41) is 1.24. The van der Waals surface area contributed by atoms with Crippen LogP contribution in [0.25, 0.3) is 10.9 Å². The minimum atomic E-state index is 0.741. The Morgan fingerprint density at radius 3 is 2.68 bits per heavy atom. The molecule has 0 amide bonds. The third-order valence-corrected chi connectivity index (χ3v) is 3.76. The lowest BCUT2D eigenvalue weighted by Gasteiger charge is -2.11. The van der Waals surface area contributed by atoms with Crippen LogP contribution in [-0.4, -0.2) is 4.98 Å². The highest BCUT2D eigenvalue weighted by atomic mass is 14.7. The predicted molar refractivity (Wildman–Crippen MR) is 83.4 cm³/mol. The molecule has 1 heterocycles. The Labute approximate surface area is 117 Å². The first-order valence-electron chi connectivity index (χ1n) is 7.64. The largest absolute Gasteiger partial charge is 0.253 e. The molecule has 2 rings (SSSR count). The smallest absolute Gasteiger partial charge is 0.0705 e. The van der Waals surface area contributed by atoms with Crippen molar-refractivity contribution in [1.29, 1.82) is 0 Å². The van der Waals surface area contributed by atoms with Crippen molar-refractivity contribution in [3.8, 4) is 0 Å². The van der Waals surface area contributed by atoms with Gasteiger partial charge in [-0.25, -0.2) is 0 Å². The van der Waals surface area contributed by atoms with E-state index in [0.29, 0.717) is 0 Å². The van der Waals surface area contributed by atoms with Crippen molar-refractivity contribution in [3.05, 3.63) is 42.1 Å². The molecule has 1 aromatic heterocycles. The molecule has 1 aromatic carbocycles. The number of benzene rings is 1. The van der Waals surface area contributed by atoms with Crippen LogP contribution in [0.5, 0.6) is 0 Å². The van der Waals surface area contributed by atoms with Crippen LogP contribution in [0.4, 0.5) is 0 Å². The third kappa shape index (κ3) is 4.34. The fourth-order valence-electron chi connectivity index (χ4n) is 2.60. The summed E-state index contributed by atoms with van der Waals surface area (Å²) in [7, 11) is 0. The average Bonchev–Trinajstić information content (AvgIpc) is 2.43. The first-order valence-corrected chi connectivity index (χ1v) is 7.64. The van der Waals surface area contributed by atoms with E-state index < -0.39 is 0 Å². The van der Waals surface area contributed by atoms with Crippen LogP contribution in [0.3, 0.4) is 0 Å². The summed E-state index contributed by atoms with van der Waals surface area (Å²) >= 11 is 0. The van der Waals surface area contributed by atoms with Crippen LogP contribution in [0.15, 0.2) is 36.4 Å². The van der Waals surface area contributed by atoms with Gasteiger partial charge < -0.3 is 0 Å². The number of unbranched alkanes of at least 4 members (excludes halogenated alkanes) is 3. The number of aromatic nitrogens is 1. The summed E-state index contributed by atoms with van der Waals surface area (Å²) in [6.45, 7) is 4.62. The van der Waals surface area contributed by atoms with E-state index in [9.17, 15) is 0 Å². The zero-order valence-corrected chi connectivity index (χ0v) is 12.2. The first-order chi connectivity index (χ1) is 9.29. The van der Waals surface area contributed by atoms with Crippen molar-refractivity contribution >= 4 is 10.9 Å². The molecule has 1 unspecified atom stereocenters. The third-order valence-electron chi connectivity index (χ3n) is 3.76. The Morgan fingerprint density at radius 2 is 1.84 bits per heavy atom. The van der Waals surface area contributed by atoms with Crippen molar-refractivity contribution in [2.75, 3.05) is 0 Å². The fraction of sp³-hybridized carbons (Fsp3) is 0.500. The number of hydrogen-bond donors (Lipinski definition) is 0. The lowest BCUT2D eigenvalue weighted by molar-refractivity contribution is 0.483. The van der Waals surface area contributed by atoms with Crippen LogP contribution in [0.2, 0.25) is 0 Å². The predicted octanol–water partition coefficient (Wildman–Crippen LogP) is 5.38. The Bertz CT molecular complexity index is 504. The molecule has 0 saturated carbocycles. The Hall–Kier alpha value is -1.37. The summed E-state index contributed by atoms with van der Waals surface area (Å²) < 4.78 is 0. The molecule has 1 heteroatoms. The van der Waals surface area contributed by atoms with Crippen molar-refractivity contribution in [1.82, 2.24) is 4.98 Å². The van der Waals surface area contributed by atoms with E-state index in [1.165, 1.54) is 43.2 Å². The molecule has 0 aliphatic rings. The topological polar surface area (TPSA) is 12.9 Å². The summed E-state index contributed by atoms with van der Waals surface area (Å²) in [4.78, 5) is 4.76. The van der Waals surface area contributed by atoms with E-state index in [0.717, 1.165) is 17.9 Å². The molecule has 102 valence electrons. The van der Waals surface area contributed by atoms with E-state index in [-0.39, 0.29) is 0 Å². The number of pyridine rings is 1. The van der Waals surface area contributed by atoms with Crippen LogP contribution in [0.1, 0.15) is 51.6 Å². The second kappa shape index (κ2) is 7.28. The number of para-hydroxylation sites is 1. The highest BCUT2D eigenvalue weighted by molar-refractivity contribution is 5.78. The molecule has 0 bridgehead atoms. The summed E-state index contributed by atoms with van der Waals surface area (Å²) in [5.74, 6) is 0.741. The minimum absolute atomic E-state index is 0.741. The quantitative estimate of drug-likeness (QED) is 0.605. The average molecular weight is 255 g/mol. The van der Waals surface area contributed by atoms with Crippen molar-refractivity contribution in [3.63, 3.8) is 0 Å². The SMILES string of the molecule is CCCCCCC(C)Cc1ccc2ccccc2n1. The van der Waals surface area contributed by atoms with Crippen molar-refractivity contribution < 1.29 is 0 Å². The molecule has 19 heavy (non-hydrogen) atoms. The molecule has 0 saturated heterocycles. The lowest BCUT2D eigenvalue weighted by atomic mass is 9.97. The molecule has 0 fully saturated rings. The Morgan fingerprint density at radius 1 is 1.00 bits per heavy atom. The molecule has 0 aliphatic heterocycles. The molecule has 0 radical (unpaired) electrons. The van der Waals surface area contributed by atoms with Crippen LogP contribution in [-0.2, 0) is 6.42 Å². The summed E-state index contributed by atoms with van der Waals surface area (Å²) in [6, 6.07) is 12.7. The van der Waals surface area contributed by atoms with Gasteiger partial charge in [0.15, 0.2) is 0 Å². The maximum absolute atomic E-state index is 4.76. The van der Waals surface area contributed by atoms with Gasteiger partial charge in [0.05, 0.1) is 5.52 Å². The first kappa shape index (κ1) is 14.0. The second-order valence-corrected chi connectivity index (χ2v) is 5.65. The van der Waals surface area contributed by atoms with Crippen LogP contribution < -0.4 is 0 Å². The molecular weight excluding hydrogens is 230 g/mol. The maximum atomic E-state index is 4.76.